The van der Waals surface area contributed by atoms with E-state index in [9.17, 15) is 0 Å². The summed E-state index contributed by atoms with van der Waals surface area (Å²) in [7, 11) is 0. The van der Waals surface area contributed by atoms with Crippen molar-refractivity contribution < 1.29 is 0 Å². The van der Waals surface area contributed by atoms with Crippen molar-refractivity contribution in [1.82, 2.24) is 14.7 Å². The van der Waals surface area contributed by atoms with Crippen LogP contribution in [-0.2, 0) is 6.54 Å². The minimum Gasteiger partial charge on any atom is -0.309 e. The van der Waals surface area contributed by atoms with Crippen LogP contribution in [-0.4, -0.2) is 20.7 Å². The summed E-state index contributed by atoms with van der Waals surface area (Å²) in [6, 6.07) is 0.506. The molecule has 110 valence electrons. The lowest BCUT2D eigenvalue weighted by molar-refractivity contribution is 0.515. The highest BCUT2D eigenvalue weighted by molar-refractivity contribution is 7.99. The third kappa shape index (κ3) is 3.21. The SMILES string of the molecule is CC(C)NCc1c(SC2CCCCC2)nc2sccn12. The topological polar surface area (TPSA) is 29.3 Å². The van der Waals surface area contributed by atoms with Crippen molar-refractivity contribution in [2.45, 2.75) is 68.8 Å². The van der Waals surface area contributed by atoms with E-state index < -0.39 is 0 Å². The first-order valence-electron chi connectivity index (χ1n) is 7.58. The van der Waals surface area contributed by atoms with Gasteiger partial charge in [0.2, 0.25) is 0 Å². The number of thioether (sulfide) groups is 1. The Morgan fingerprint density at radius 1 is 1.40 bits per heavy atom. The predicted octanol–water partition coefficient (Wildman–Crippen LogP) is 4.32. The molecule has 2 heterocycles. The summed E-state index contributed by atoms with van der Waals surface area (Å²) in [6.07, 6.45) is 9.05. The van der Waals surface area contributed by atoms with E-state index >= 15 is 0 Å². The minimum atomic E-state index is 0.506. The lowest BCUT2D eigenvalue weighted by Crippen LogP contribution is -2.23. The largest absolute Gasteiger partial charge is 0.309 e. The number of nitrogens with one attached hydrogen (secondary N) is 1. The molecule has 2 aromatic heterocycles. The van der Waals surface area contributed by atoms with Crippen LogP contribution in [0.2, 0.25) is 0 Å². The molecular formula is C15H23N3S2. The van der Waals surface area contributed by atoms with Gasteiger partial charge >= 0.3 is 0 Å². The Balaban J connectivity index is 1.80. The van der Waals surface area contributed by atoms with Gasteiger partial charge in [0, 0.05) is 29.4 Å². The van der Waals surface area contributed by atoms with Crippen LogP contribution in [0.15, 0.2) is 16.6 Å². The van der Waals surface area contributed by atoms with Gasteiger partial charge in [-0.25, -0.2) is 4.98 Å². The zero-order valence-electron chi connectivity index (χ0n) is 12.3. The first-order valence-corrected chi connectivity index (χ1v) is 9.34. The standard InChI is InChI=1S/C15H23N3S2/c1-11(2)16-10-13-14(17-15-18(13)8-9-19-15)20-12-6-4-3-5-7-12/h8-9,11-12,16H,3-7,10H2,1-2H3. The van der Waals surface area contributed by atoms with Gasteiger partial charge in [0.25, 0.3) is 0 Å². The van der Waals surface area contributed by atoms with E-state index in [2.05, 4.69) is 35.1 Å². The highest BCUT2D eigenvalue weighted by Crippen LogP contribution is 2.35. The molecule has 0 unspecified atom stereocenters. The van der Waals surface area contributed by atoms with E-state index in [-0.39, 0.29) is 0 Å². The zero-order chi connectivity index (χ0) is 13.9. The summed E-state index contributed by atoms with van der Waals surface area (Å²) in [4.78, 5) is 5.98. The Hall–Kier alpha value is -0.520. The van der Waals surface area contributed by atoms with E-state index in [4.69, 9.17) is 4.98 Å². The summed E-state index contributed by atoms with van der Waals surface area (Å²) in [5.41, 5.74) is 1.34. The van der Waals surface area contributed by atoms with Crippen LogP contribution in [0.25, 0.3) is 4.96 Å². The normalized spacial score (nSPS) is 17.4. The molecule has 1 aliphatic carbocycles. The minimum absolute atomic E-state index is 0.506. The average Bonchev–Trinajstić information content (AvgIpc) is 2.99. The maximum Gasteiger partial charge on any atom is 0.194 e. The van der Waals surface area contributed by atoms with Gasteiger partial charge in [-0.2, -0.15) is 0 Å². The molecule has 0 aromatic carbocycles. The van der Waals surface area contributed by atoms with Crippen molar-refractivity contribution in [1.29, 1.82) is 0 Å². The van der Waals surface area contributed by atoms with Gasteiger partial charge in [0.1, 0.15) is 5.03 Å². The Bertz CT molecular complexity index is 552. The Morgan fingerprint density at radius 2 is 2.20 bits per heavy atom. The van der Waals surface area contributed by atoms with Crippen molar-refractivity contribution >= 4 is 28.1 Å². The fourth-order valence-corrected chi connectivity index (χ4v) is 4.83. The second kappa shape index (κ2) is 6.50. The molecule has 1 aliphatic rings. The summed E-state index contributed by atoms with van der Waals surface area (Å²) in [5.74, 6) is 0. The Labute approximate surface area is 129 Å². The van der Waals surface area contributed by atoms with Gasteiger partial charge < -0.3 is 5.32 Å². The molecule has 0 radical (unpaired) electrons. The first kappa shape index (κ1) is 14.4. The molecule has 0 amide bonds. The molecule has 3 rings (SSSR count). The number of rotatable bonds is 5. The maximum absolute atomic E-state index is 4.85. The highest BCUT2D eigenvalue weighted by Gasteiger charge is 2.20. The molecule has 1 saturated carbocycles. The highest BCUT2D eigenvalue weighted by atomic mass is 32.2. The van der Waals surface area contributed by atoms with Gasteiger partial charge in [-0.3, -0.25) is 4.40 Å². The Kier molecular flexibility index (Phi) is 4.68. The molecular weight excluding hydrogens is 286 g/mol. The molecule has 5 heteroatoms. The molecule has 0 atom stereocenters. The summed E-state index contributed by atoms with van der Waals surface area (Å²) >= 11 is 3.74. The molecule has 0 spiro atoms. The fourth-order valence-electron chi connectivity index (χ4n) is 2.71. The van der Waals surface area contributed by atoms with E-state index in [1.807, 2.05) is 11.8 Å². The van der Waals surface area contributed by atoms with Crippen molar-refractivity contribution in [2.24, 2.45) is 0 Å². The van der Waals surface area contributed by atoms with E-state index in [1.165, 1.54) is 42.8 Å². The number of hydrogen-bond acceptors (Lipinski definition) is 4. The van der Waals surface area contributed by atoms with Crippen molar-refractivity contribution in [3.63, 3.8) is 0 Å². The van der Waals surface area contributed by atoms with Crippen molar-refractivity contribution in [3.8, 4) is 0 Å². The third-order valence-electron chi connectivity index (χ3n) is 3.83. The molecule has 0 bridgehead atoms. The number of thiazole rings is 1. The fraction of sp³-hybridized carbons (Fsp3) is 0.667. The lowest BCUT2D eigenvalue weighted by atomic mass is 10.0. The van der Waals surface area contributed by atoms with Gasteiger partial charge in [-0.1, -0.05) is 33.1 Å². The van der Waals surface area contributed by atoms with Crippen molar-refractivity contribution in [2.75, 3.05) is 0 Å². The quantitative estimate of drug-likeness (QED) is 0.892. The van der Waals surface area contributed by atoms with Crippen LogP contribution in [0.1, 0.15) is 51.6 Å². The van der Waals surface area contributed by atoms with E-state index in [0.29, 0.717) is 6.04 Å². The van der Waals surface area contributed by atoms with Crippen LogP contribution >= 0.6 is 23.1 Å². The van der Waals surface area contributed by atoms with Crippen molar-refractivity contribution in [3.05, 3.63) is 17.3 Å². The third-order valence-corrected chi connectivity index (χ3v) is 5.94. The molecule has 0 aliphatic heterocycles. The van der Waals surface area contributed by atoms with Gasteiger partial charge in [0.15, 0.2) is 4.96 Å². The van der Waals surface area contributed by atoms with Gasteiger partial charge in [0.05, 0.1) is 5.69 Å². The van der Waals surface area contributed by atoms with Gasteiger partial charge in [-0.05, 0) is 12.8 Å². The van der Waals surface area contributed by atoms with Crippen LogP contribution in [0, 0.1) is 0 Å². The molecule has 1 fully saturated rings. The molecule has 3 nitrogen and oxygen atoms in total. The van der Waals surface area contributed by atoms with Gasteiger partial charge in [-0.15, -0.1) is 23.1 Å². The Morgan fingerprint density at radius 3 is 2.95 bits per heavy atom. The molecule has 0 saturated heterocycles. The number of aromatic nitrogens is 2. The van der Waals surface area contributed by atoms with E-state index in [0.717, 1.165) is 16.8 Å². The summed E-state index contributed by atoms with van der Waals surface area (Å²) in [6.45, 7) is 5.30. The van der Waals surface area contributed by atoms with Crippen LogP contribution in [0.3, 0.4) is 0 Å². The number of hydrogen-bond donors (Lipinski definition) is 1. The molecule has 20 heavy (non-hydrogen) atoms. The zero-order valence-corrected chi connectivity index (χ0v) is 13.9. The second-order valence-corrected chi connectivity index (χ2v) is 7.99. The molecule has 1 N–H and O–H groups in total. The second-order valence-electron chi connectivity index (χ2n) is 5.83. The van der Waals surface area contributed by atoms with Crippen LogP contribution < -0.4 is 5.32 Å². The monoisotopic (exact) mass is 309 g/mol. The number of fused-ring (bicyclic) bond motifs is 1. The van der Waals surface area contributed by atoms with Crippen LogP contribution in [0.5, 0.6) is 0 Å². The first-order chi connectivity index (χ1) is 9.74. The summed E-state index contributed by atoms with van der Waals surface area (Å²) in [5, 5.41) is 7.68. The summed E-state index contributed by atoms with van der Waals surface area (Å²) < 4.78 is 2.26. The number of imidazole rings is 1. The van der Waals surface area contributed by atoms with Crippen LogP contribution in [0.4, 0.5) is 0 Å². The average molecular weight is 310 g/mol. The van der Waals surface area contributed by atoms with E-state index in [1.54, 1.807) is 11.3 Å². The maximum atomic E-state index is 4.85. The lowest BCUT2D eigenvalue weighted by Gasteiger charge is -2.20. The molecule has 2 aromatic rings. The number of nitrogens with zero attached hydrogens (tertiary/aromatic N) is 2. The predicted molar refractivity (Wildman–Crippen MR) is 87.8 cm³/mol. The smallest absolute Gasteiger partial charge is 0.194 e.